The molecule has 0 radical (unpaired) electrons. The molecule has 260 valence electrons. The summed E-state index contributed by atoms with van der Waals surface area (Å²) >= 11 is 1.89. The van der Waals surface area contributed by atoms with E-state index in [0.29, 0.717) is 47.4 Å². The van der Waals surface area contributed by atoms with Crippen molar-refractivity contribution in [2.45, 2.75) is 81.0 Å². The van der Waals surface area contributed by atoms with Gasteiger partial charge in [-0.1, -0.05) is 18.6 Å². The van der Waals surface area contributed by atoms with Crippen LogP contribution in [-0.2, 0) is 25.7 Å². The first kappa shape index (κ1) is 36.5. The lowest BCUT2D eigenvalue weighted by Gasteiger charge is -2.17. The number of nitrogens with two attached hydrogens (primary N) is 1. The topological polar surface area (TPSA) is 218 Å². The number of unbranched alkanes of at least 4 members (excludes halogenated alkanes) is 3. The molecule has 2 aromatic carbocycles. The van der Waals surface area contributed by atoms with Crippen LogP contribution in [0.3, 0.4) is 0 Å². The smallest absolute Gasteiger partial charge is 0.335 e. The Kier molecular flexibility index (Phi) is 13.9. The monoisotopic (exact) mass is 685 g/mol. The number of urea groups is 1. The minimum absolute atomic E-state index is 0.0666. The number of carboxylic acids is 2. The highest BCUT2D eigenvalue weighted by atomic mass is 32.2. The number of carboxylic acid groups (broad SMARTS) is 2. The zero-order valence-corrected chi connectivity index (χ0v) is 27.3. The third-order valence-electron chi connectivity index (χ3n) is 8.08. The molecular weight excluding hydrogens is 642 g/mol. The molecule has 4 amide bonds. The molecule has 48 heavy (non-hydrogen) atoms. The van der Waals surface area contributed by atoms with Crippen LogP contribution in [0.25, 0.3) is 0 Å². The van der Waals surface area contributed by atoms with Crippen molar-refractivity contribution in [3.05, 3.63) is 59.7 Å². The molecule has 0 spiro atoms. The van der Waals surface area contributed by atoms with Crippen molar-refractivity contribution in [1.29, 1.82) is 0 Å². The zero-order chi connectivity index (χ0) is 34.5. The van der Waals surface area contributed by atoms with E-state index in [1.807, 2.05) is 11.8 Å². The van der Waals surface area contributed by atoms with Crippen LogP contribution in [0.5, 0.6) is 5.75 Å². The van der Waals surface area contributed by atoms with E-state index in [0.717, 1.165) is 44.3 Å². The lowest BCUT2D eigenvalue weighted by atomic mass is 10.0. The number of ether oxygens (including phenoxy) is 2. The van der Waals surface area contributed by atoms with Gasteiger partial charge in [0.15, 0.2) is 6.10 Å². The van der Waals surface area contributed by atoms with Crippen LogP contribution in [-0.4, -0.2) is 88.4 Å². The SMILES string of the molecule is N[C@H](C(=O)O)[C@H](OCc1cccc(NC(=O)c2ccc(OCCCCCNC(=O)CCCC[C@@H]3SC[C@@H]4NC(=O)N[C@@H]43)cc2)c1)C(=O)O. The highest BCUT2D eigenvalue weighted by molar-refractivity contribution is 8.00. The van der Waals surface area contributed by atoms with Crippen molar-refractivity contribution in [2.75, 3.05) is 24.2 Å². The molecule has 0 saturated carbocycles. The van der Waals surface area contributed by atoms with Crippen molar-refractivity contribution in [3.63, 3.8) is 0 Å². The number of anilines is 1. The summed E-state index contributed by atoms with van der Waals surface area (Å²) in [5.41, 5.74) is 6.78. The van der Waals surface area contributed by atoms with E-state index in [4.69, 9.17) is 20.3 Å². The molecule has 0 unspecified atom stereocenters. The summed E-state index contributed by atoms with van der Waals surface area (Å²) in [7, 11) is 0. The summed E-state index contributed by atoms with van der Waals surface area (Å²) in [5.74, 6) is -1.70. The predicted octanol–water partition coefficient (Wildman–Crippen LogP) is 2.71. The second kappa shape index (κ2) is 18.3. The fraction of sp³-hybridized carbons (Fsp3) is 0.485. The van der Waals surface area contributed by atoms with E-state index >= 15 is 0 Å². The lowest BCUT2D eigenvalue weighted by Crippen LogP contribution is -2.47. The Bertz CT molecular complexity index is 1430. The van der Waals surface area contributed by atoms with E-state index in [-0.39, 0.29) is 36.5 Å². The number of benzene rings is 2. The van der Waals surface area contributed by atoms with E-state index in [1.54, 1.807) is 48.5 Å². The fourth-order valence-corrected chi connectivity index (χ4v) is 7.02. The fourth-order valence-electron chi connectivity index (χ4n) is 5.47. The quantitative estimate of drug-likeness (QED) is 0.0794. The molecule has 2 saturated heterocycles. The lowest BCUT2D eigenvalue weighted by molar-refractivity contribution is -0.159. The number of aliphatic carboxylic acids is 2. The maximum absolute atomic E-state index is 12.8. The Balaban J connectivity index is 1.05. The molecule has 2 aliphatic heterocycles. The number of nitrogens with one attached hydrogen (secondary N) is 4. The molecule has 2 aliphatic rings. The number of amides is 4. The van der Waals surface area contributed by atoms with Gasteiger partial charge < -0.3 is 46.7 Å². The molecule has 2 heterocycles. The minimum atomic E-state index is -1.73. The van der Waals surface area contributed by atoms with Gasteiger partial charge in [-0.3, -0.25) is 14.4 Å². The predicted molar refractivity (Wildman–Crippen MR) is 179 cm³/mol. The van der Waals surface area contributed by atoms with Crippen LogP contribution in [0.1, 0.15) is 60.9 Å². The number of thioether (sulfide) groups is 1. The largest absolute Gasteiger partial charge is 0.494 e. The Labute approximate surface area is 282 Å². The van der Waals surface area contributed by atoms with Gasteiger partial charge in [-0.25, -0.2) is 9.59 Å². The summed E-state index contributed by atoms with van der Waals surface area (Å²) in [4.78, 5) is 58.8. The van der Waals surface area contributed by atoms with Gasteiger partial charge in [-0.05, 0) is 74.1 Å². The Morgan fingerprint density at radius 1 is 0.979 bits per heavy atom. The van der Waals surface area contributed by atoms with Crippen LogP contribution in [0.15, 0.2) is 48.5 Å². The van der Waals surface area contributed by atoms with Crippen molar-refractivity contribution in [2.24, 2.45) is 5.73 Å². The number of rotatable bonds is 20. The molecule has 15 heteroatoms. The second-order valence-electron chi connectivity index (χ2n) is 11.7. The first-order chi connectivity index (χ1) is 23.1. The minimum Gasteiger partial charge on any atom is -0.494 e. The third kappa shape index (κ3) is 11.1. The van der Waals surface area contributed by atoms with E-state index in [9.17, 15) is 29.1 Å². The molecule has 2 fully saturated rings. The summed E-state index contributed by atoms with van der Waals surface area (Å²) in [6.45, 7) is 0.914. The number of carbonyl (C=O) groups excluding carboxylic acids is 3. The molecule has 5 atom stereocenters. The summed E-state index contributed by atoms with van der Waals surface area (Å²) < 4.78 is 11.0. The van der Waals surface area contributed by atoms with Crippen LogP contribution in [0.2, 0.25) is 0 Å². The third-order valence-corrected chi connectivity index (χ3v) is 9.59. The first-order valence-electron chi connectivity index (χ1n) is 16.0. The molecular formula is C33H43N5O9S. The average Bonchev–Trinajstić information content (AvgIpc) is 3.61. The van der Waals surface area contributed by atoms with Gasteiger partial charge in [0.05, 0.1) is 25.3 Å². The number of fused-ring (bicyclic) bond motifs is 1. The zero-order valence-electron chi connectivity index (χ0n) is 26.5. The summed E-state index contributed by atoms with van der Waals surface area (Å²) in [5, 5.41) is 30.3. The second-order valence-corrected chi connectivity index (χ2v) is 13.0. The first-order valence-corrected chi connectivity index (χ1v) is 17.1. The average molecular weight is 686 g/mol. The summed E-state index contributed by atoms with van der Waals surface area (Å²) in [6.07, 6.45) is 4.15. The number of hydrogen-bond acceptors (Lipinski definition) is 9. The Morgan fingerprint density at radius 2 is 1.77 bits per heavy atom. The number of carbonyl (C=O) groups is 5. The molecule has 14 nitrogen and oxygen atoms in total. The molecule has 2 aromatic rings. The van der Waals surface area contributed by atoms with Gasteiger partial charge >= 0.3 is 18.0 Å². The van der Waals surface area contributed by atoms with E-state index < -0.39 is 24.1 Å². The summed E-state index contributed by atoms with van der Waals surface area (Å²) in [6, 6.07) is 11.9. The maximum atomic E-state index is 12.8. The molecule has 8 N–H and O–H groups in total. The van der Waals surface area contributed by atoms with Crippen molar-refractivity contribution in [1.82, 2.24) is 16.0 Å². The van der Waals surface area contributed by atoms with Crippen LogP contribution in [0, 0.1) is 0 Å². The van der Waals surface area contributed by atoms with Gasteiger partial charge in [0.1, 0.15) is 11.8 Å². The molecule has 0 aliphatic carbocycles. The van der Waals surface area contributed by atoms with Gasteiger partial charge in [0.25, 0.3) is 5.91 Å². The van der Waals surface area contributed by atoms with Gasteiger partial charge in [0, 0.05) is 35.2 Å². The van der Waals surface area contributed by atoms with Crippen LogP contribution < -0.4 is 31.7 Å². The van der Waals surface area contributed by atoms with Crippen LogP contribution >= 0.6 is 11.8 Å². The van der Waals surface area contributed by atoms with Gasteiger partial charge in [-0.2, -0.15) is 11.8 Å². The van der Waals surface area contributed by atoms with Crippen molar-refractivity contribution in [3.8, 4) is 5.75 Å². The van der Waals surface area contributed by atoms with Gasteiger partial charge in [-0.15, -0.1) is 0 Å². The highest BCUT2D eigenvalue weighted by Crippen LogP contribution is 2.33. The van der Waals surface area contributed by atoms with E-state index in [1.165, 1.54) is 0 Å². The standard InChI is InChI=1S/C33H43N5O9S/c34-27(31(41)42)29(32(43)44)47-18-20-7-6-8-22(17-20)36-30(40)21-11-13-23(14-12-21)46-16-5-1-4-15-35-26(39)10-3-2-9-25-28-24(19-48-25)37-33(45)38-28/h6-8,11-14,17,24-25,27-29H,1-5,9-10,15-16,18-19,34H2,(H,35,39)(H,36,40)(H,41,42)(H,43,44)(H2,37,38,45)/t24-,25-,27-,28-,29-/m0/s1. The Morgan fingerprint density at radius 3 is 2.52 bits per heavy atom. The maximum Gasteiger partial charge on any atom is 0.335 e. The normalized spacial score (nSPS) is 19.4. The van der Waals surface area contributed by atoms with Gasteiger partial charge in [0.2, 0.25) is 5.91 Å². The van der Waals surface area contributed by atoms with E-state index in [2.05, 4.69) is 21.3 Å². The molecule has 4 rings (SSSR count). The number of hydrogen-bond donors (Lipinski definition) is 7. The molecule has 0 aromatic heterocycles. The van der Waals surface area contributed by atoms with Crippen molar-refractivity contribution >= 4 is 47.2 Å². The van der Waals surface area contributed by atoms with Crippen molar-refractivity contribution < 1.29 is 43.7 Å². The Hall–Kier alpha value is -4.34. The molecule has 0 bridgehead atoms. The van der Waals surface area contributed by atoms with Crippen LogP contribution in [0.4, 0.5) is 10.5 Å². The highest BCUT2D eigenvalue weighted by Gasteiger charge is 2.42.